The van der Waals surface area contributed by atoms with Gasteiger partial charge in [0.2, 0.25) is 0 Å². The van der Waals surface area contributed by atoms with Crippen molar-refractivity contribution in [1.82, 2.24) is 14.9 Å². The third-order valence-electron chi connectivity index (χ3n) is 5.38. The molecule has 7 nitrogen and oxygen atoms in total. The van der Waals surface area contributed by atoms with Gasteiger partial charge >= 0.3 is 5.69 Å². The van der Waals surface area contributed by atoms with Crippen LogP contribution >= 0.6 is 12.2 Å². The highest BCUT2D eigenvalue weighted by atomic mass is 32.1. The predicted octanol–water partition coefficient (Wildman–Crippen LogP) is 3.12. The third-order valence-corrected chi connectivity index (χ3v) is 5.72. The van der Waals surface area contributed by atoms with Gasteiger partial charge in [0.25, 0.3) is 5.56 Å². The number of nitrogens with one attached hydrogen (secondary N) is 2. The van der Waals surface area contributed by atoms with Crippen LogP contribution in [0.4, 0.5) is 11.5 Å². The quantitative estimate of drug-likeness (QED) is 0.428. The Hall–Kier alpha value is -1.83. The van der Waals surface area contributed by atoms with Gasteiger partial charge in [0.15, 0.2) is 10.8 Å². The van der Waals surface area contributed by atoms with Gasteiger partial charge in [-0.2, -0.15) is 0 Å². The summed E-state index contributed by atoms with van der Waals surface area (Å²) in [6.07, 6.45) is 10.6. The fraction of sp³-hybridized carbons (Fsp3) is 0.750. The molecule has 0 saturated heterocycles. The van der Waals surface area contributed by atoms with Gasteiger partial charge in [-0.3, -0.25) is 14.3 Å². The molecule has 2 rings (SSSR count). The number of aromatic nitrogens is 2. The lowest BCUT2D eigenvalue weighted by molar-refractivity contribution is 0.413. The Bertz CT molecular complexity index is 752. The van der Waals surface area contributed by atoms with E-state index in [1.165, 1.54) is 23.8 Å². The molecule has 0 bridgehead atoms. The van der Waals surface area contributed by atoms with Crippen LogP contribution in [0.1, 0.15) is 78.1 Å². The summed E-state index contributed by atoms with van der Waals surface area (Å²) in [6, 6.07) is 0.334. The number of nitrogen functional groups attached to an aromatic ring is 1. The fourth-order valence-electron chi connectivity index (χ4n) is 3.71. The van der Waals surface area contributed by atoms with Crippen LogP contribution in [-0.4, -0.2) is 27.3 Å². The number of nitrogens with zero attached hydrogens (tertiary/aromatic N) is 2. The van der Waals surface area contributed by atoms with Crippen LogP contribution in [0.5, 0.6) is 0 Å². The summed E-state index contributed by atoms with van der Waals surface area (Å²) >= 11 is 5.69. The standard InChI is InChI=1S/C20H35N5O2S/c1-3-5-10-14-24(20(28)22-15-11-8-7-9-12-15)16-17(21)25(13-6-4-2)19(27)23-18(16)26/h15H,3-14,21H2,1-2H3,(H,22,28)(H,23,26,27). The van der Waals surface area contributed by atoms with E-state index in [1.807, 2.05) is 6.92 Å². The number of thiocarbonyl (C=S) groups is 1. The number of unbranched alkanes of at least 4 members (excludes halogenated alkanes) is 3. The van der Waals surface area contributed by atoms with E-state index in [-0.39, 0.29) is 5.82 Å². The zero-order valence-electron chi connectivity index (χ0n) is 17.3. The Kier molecular flexibility index (Phi) is 9.02. The molecule has 0 atom stereocenters. The minimum absolute atomic E-state index is 0.200. The zero-order valence-corrected chi connectivity index (χ0v) is 18.1. The minimum Gasteiger partial charge on any atom is -0.383 e. The van der Waals surface area contributed by atoms with Crippen LogP contribution in [0.25, 0.3) is 0 Å². The van der Waals surface area contributed by atoms with Crippen LogP contribution in [-0.2, 0) is 6.54 Å². The number of aromatic amines is 1. The molecular weight excluding hydrogens is 374 g/mol. The highest BCUT2D eigenvalue weighted by molar-refractivity contribution is 7.80. The second-order valence-electron chi connectivity index (χ2n) is 7.64. The van der Waals surface area contributed by atoms with Gasteiger partial charge in [0.05, 0.1) is 0 Å². The first kappa shape index (κ1) is 22.5. The normalized spacial score (nSPS) is 14.8. The first-order chi connectivity index (χ1) is 13.5. The molecule has 158 valence electrons. The van der Waals surface area contributed by atoms with Crippen LogP contribution in [0.15, 0.2) is 9.59 Å². The number of hydrogen-bond acceptors (Lipinski definition) is 4. The maximum absolute atomic E-state index is 12.7. The van der Waals surface area contributed by atoms with Gasteiger partial charge in [0.1, 0.15) is 5.82 Å². The van der Waals surface area contributed by atoms with Gasteiger partial charge < -0.3 is 16.0 Å². The van der Waals surface area contributed by atoms with Crippen LogP contribution < -0.4 is 27.2 Å². The first-order valence-electron chi connectivity index (χ1n) is 10.7. The second kappa shape index (κ2) is 11.2. The van der Waals surface area contributed by atoms with E-state index in [1.54, 1.807) is 4.90 Å². The summed E-state index contributed by atoms with van der Waals surface area (Å²) in [7, 11) is 0. The van der Waals surface area contributed by atoms with E-state index in [2.05, 4.69) is 17.2 Å². The summed E-state index contributed by atoms with van der Waals surface area (Å²) in [5.74, 6) is 0.200. The zero-order chi connectivity index (χ0) is 20.5. The molecule has 1 aliphatic carbocycles. The molecule has 0 radical (unpaired) electrons. The Labute approximate surface area is 172 Å². The molecule has 4 N–H and O–H groups in total. The smallest absolute Gasteiger partial charge is 0.330 e. The van der Waals surface area contributed by atoms with Gasteiger partial charge in [0, 0.05) is 19.1 Å². The third kappa shape index (κ3) is 5.83. The molecule has 8 heteroatoms. The molecule has 1 aliphatic rings. The Morgan fingerprint density at radius 3 is 2.50 bits per heavy atom. The predicted molar refractivity (Wildman–Crippen MR) is 120 cm³/mol. The lowest BCUT2D eigenvalue weighted by Gasteiger charge is -2.31. The Morgan fingerprint density at radius 1 is 1.18 bits per heavy atom. The Balaban J connectivity index is 2.34. The number of anilines is 2. The average Bonchev–Trinajstić information content (AvgIpc) is 2.67. The van der Waals surface area contributed by atoms with Crippen LogP contribution in [0.2, 0.25) is 0 Å². The molecule has 1 aromatic heterocycles. The highest BCUT2D eigenvalue weighted by Gasteiger charge is 2.24. The summed E-state index contributed by atoms with van der Waals surface area (Å²) in [6.45, 7) is 5.27. The van der Waals surface area contributed by atoms with Crippen molar-refractivity contribution in [3.8, 4) is 0 Å². The largest absolute Gasteiger partial charge is 0.383 e. The van der Waals surface area contributed by atoms with E-state index < -0.39 is 11.2 Å². The summed E-state index contributed by atoms with van der Waals surface area (Å²) in [5, 5.41) is 3.97. The van der Waals surface area contributed by atoms with Crippen molar-refractivity contribution in [2.75, 3.05) is 17.2 Å². The topological polar surface area (TPSA) is 96.2 Å². The number of hydrogen-bond donors (Lipinski definition) is 3. The van der Waals surface area contributed by atoms with Crippen molar-refractivity contribution in [1.29, 1.82) is 0 Å². The molecule has 1 saturated carbocycles. The summed E-state index contributed by atoms with van der Waals surface area (Å²) in [4.78, 5) is 29.2. The van der Waals surface area contributed by atoms with Gasteiger partial charge in [-0.05, 0) is 37.9 Å². The van der Waals surface area contributed by atoms with E-state index in [0.717, 1.165) is 44.9 Å². The average molecular weight is 410 g/mol. The molecule has 0 amide bonds. The number of H-pyrrole nitrogens is 1. The van der Waals surface area contributed by atoms with E-state index >= 15 is 0 Å². The maximum atomic E-state index is 12.7. The molecule has 0 aliphatic heterocycles. The molecule has 28 heavy (non-hydrogen) atoms. The van der Waals surface area contributed by atoms with E-state index in [4.69, 9.17) is 18.0 Å². The summed E-state index contributed by atoms with van der Waals surface area (Å²) in [5.41, 5.74) is 5.68. The number of nitrogens with two attached hydrogens (primary N) is 1. The second-order valence-corrected chi connectivity index (χ2v) is 8.03. The molecule has 0 unspecified atom stereocenters. The lowest BCUT2D eigenvalue weighted by Crippen LogP contribution is -2.49. The van der Waals surface area contributed by atoms with Gasteiger partial charge in [-0.15, -0.1) is 0 Å². The maximum Gasteiger partial charge on any atom is 0.330 e. The SMILES string of the molecule is CCCCCN(C(=S)NC1CCCCC1)c1c(N)n(CCCC)c(=O)[nH]c1=O. The summed E-state index contributed by atoms with van der Waals surface area (Å²) < 4.78 is 1.45. The van der Waals surface area contributed by atoms with Crippen molar-refractivity contribution in [3.05, 3.63) is 20.8 Å². The molecule has 1 aromatic rings. The highest BCUT2D eigenvalue weighted by Crippen LogP contribution is 2.21. The molecule has 1 heterocycles. The Morgan fingerprint density at radius 2 is 1.86 bits per heavy atom. The first-order valence-corrected chi connectivity index (χ1v) is 11.1. The number of rotatable bonds is 9. The van der Waals surface area contributed by atoms with Gasteiger partial charge in [-0.1, -0.05) is 52.4 Å². The molecule has 0 aromatic carbocycles. The van der Waals surface area contributed by atoms with Crippen LogP contribution in [0.3, 0.4) is 0 Å². The monoisotopic (exact) mass is 409 g/mol. The minimum atomic E-state index is -0.473. The molecule has 0 spiro atoms. The lowest BCUT2D eigenvalue weighted by atomic mass is 9.96. The van der Waals surface area contributed by atoms with Crippen molar-refractivity contribution in [3.63, 3.8) is 0 Å². The molecule has 1 fully saturated rings. The van der Waals surface area contributed by atoms with Crippen molar-refractivity contribution < 1.29 is 0 Å². The van der Waals surface area contributed by atoms with Gasteiger partial charge in [-0.25, -0.2) is 4.79 Å². The van der Waals surface area contributed by atoms with Crippen molar-refractivity contribution in [2.24, 2.45) is 0 Å². The van der Waals surface area contributed by atoms with E-state index in [9.17, 15) is 9.59 Å². The fourth-order valence-corrected chi connectivity index (χ4v) is 4.06. The van der Waals surface area contributed by atoms with E-state index in [0.29, 0.717) is 29.9 Å². The van der Waals surface area contributed by atoms with Crippen molar-refractivity contribution >= 4 is 28.8 Å². The van der Waals surface area contributed by atoms with Crippen molar-refractivity contribution in [2.45, 2.75) is 90.6 Å². The van der Waals surface area contributed by atoms with Crippen LogP contribution in [0, 0.1) is 0 Å². The molecular formula is C20H35N5O2S.